The van der Waals surface area contributed by atoms with Crippen molar-refractivity contribution in [3.63, 3.8) is 0 Å². The topological polar surface area (TPSA) is 64.6 Å². The van der Waals surface area contributed by atoms with Crippen LogP contribution in [0.25, 0.3) is 0 Å². The Balaban J connectivity index is 3.79. The lowest BCUT2D eigenvalue weighted by Crippen LogP contribution is -2.35. The molecule has 0 aromatic carbocycles. The van der Waals surface area contributed by atoms with Crippen LogP contribution in [0.4, 0.5) is 4.79 Å². The average molecular weight is 231 g/mol. The molecular weight excluding hydrogens is 210 g/mol. The van der Waals surface area contributed by atoms with Gasteiger partial charge in [-0.2, -0.15) is 0 Å². The fraction of sp³-hybridized carbons (Fsp3) is 0.818. The van der Waals surface area contributed by atoms with E-state index in [1.165, 1.54) is 7.11 Å². The van der Waals surface area contributed by atoms with Gasteiger partial charge in [0.05, 0.1) is 7.11 Å². The van der Waals surface area contributed by atoms with Gasteiger partial charge in [-0.3, -0.25) is 4.79 Å². The van der Waals surface area contributed by atoms with Gasteiger partial charge in [0, 0.05) is 13.0 Å². The first-order valence-electron chi connectivity index (χ1n) is 5.28. The molecule has 5 heteroatoms. The summed E-state index contributed by atoms with van der Waals surface area (Å²) >= 11 is 0. The monoisotopic (exact) mass is 231 g/mol. The van der Waals surface area contributed by atoms with Crippen LogP contribution in [0.3, 0.4) is 0 Å². The molecule has 0 fully saturated rings. The maximum Gasteiger partial charge on any atom is 0.407 e. The van der Waals surface area contributed by atoms with Crippen LogP contribution in [-0.4, -0.2) is 31.3 Å². The van der Waals surface area contributed by atoms with E-state index >= 15 is 0 Å². The van der Waals surface area contributed by atoms with Gasteiger partial charge < -0.3 is 14.8 Å². The van der Waals surface area contributed by atoms with Crippen molar-refractivity contribution in [2.24, 2.45) is 5.92 Å². The second-order valence-electron chi connectivity index (χ2n) is 4.77. The first-order chi connectivity index (χ1) is 7.24. The van der Waals surface area contributed by atoms with Crippen molar-refractivity contribution in [1.82, 2.24) is 5.32 Å². The summed E-state index contributed by atoms with van der Waals surface area (Å²) in [5.74, 6) is -0.251. The first-order valence-corrected chi connectivity index (χ1v) is 5.28. The van der Waals surface area contributed by atoms with Crippen molar-refractivity contribution in [2.75, 3.05) is 13.7 Å². The Kier molecular flexibility index (Phi) is 5.85. The summed E-state index contributed by atoms with van der Waals surface area (Å²) in [5, 5.41) is 2.60. The Morgan fingerprint density at radius 2 is 1.88 bits per heavy atom. The molecule has 0 unspecified atom stereocenters. The number of ether oxygens (including phenoxy) is 2. The lowest BCUT2D eigenvalue weighted by Gasteiger charge is -2.20. The van der Waals surface area contributed by atoms with Gasteiger partial charge in [0.15, 0.2) is 0 Å². The zero-order chi connectivity index (χ0) is 12.8. The number of methoxy groups -OCH3 is 1. The molecule has 0 rings (SSSR count). The minimum atomic E-state index is -0.504. The summed E-state index contributed by atoms with van der Waals surface area (Å²) < 4.78 is 9.58. The number of hydrogen-bond acceptors (Lipinski definition) is 4. The van der Waals surface area contributed by atoms with Crippen molar-refractivity contribution >= 4 is 12.1 Å². The molecule has 0 radical (unpaired) electrons. The Bertz CT molecular complexity index is 245. The maximum atomic E-state index is 11.3. The number of alkyl carbamates (subject to hydrolysis) is 1. The Hall–Kier alpha value is -1.26. The number of esters is 1. The lowest BCUT2D eigenvalue weighted by molar-refractivity contribution is -0.141. The summed E-state index contributed by atoms with van der Waals surface area (Å²) in [4.78, 5) is 22.2. The molecule has 0 bridgehead atoms. The number of nitrogens with one attached hydrogen (secondary N) is 1. The molecule has 0 heterocycles. The lowest BCUT2D eigenvalue weighted by atomic mass is 10.1. The van der Waals surface area contributed by atoms with E-state index in [0.717, 1.165) is 0 Å². The van der Waals surface area contributed by atoms with E-state index in [2.05, 4.69) is 10.1 Å². The molecule has 0 aliphatic rings. The molecular formula is C11H21NO4. The maximum absolute atomic E-state index is 11.3. The van der Waals surface area contributed by atoms with Gasteiger partial charge in [-0.05, 0) is 26.7 Å². The number of rotatable bonds is 4. The average Bonchev–Trinajstić information content (AvgIpc) is 2.12. The number of amides is 1. The van der Waals surface area contributed by atoms with Crippen molar-refractivity contribution in [2.45, 2.75) is 39.7 Å². The van der Waals surface area contributed by atoms with E-state index in [1.54, 1.807) is 20.8 Å². The highest BCUT2D eigenvalue weighted by Gasteiger charge is 2.17. The molecule has 0 saturated heterocycles. The van der Waals surface area contributed by atoms with Crippen LogP contribution >= 0.6 is 0 Å². The van der Waals surface area contributed by atoms with Crippen LogP contribution in [-0.2, 0) is 14.3 Å². The van der Waals surface area contributed by atoms with Crippen molar-refractivity contribution < 1.29 is 19.1 Å². The Morgan fingerprint density at radius 1 is 1.31 bits per heavy atom. The quantitative estimate of drug-likeness (QED) is 0.748. The normalized spacial score (nSPS) is 12.8. The van der Waals surface area contributed by atoms with E-state index in [1.807, 2.05) is 6.92 Å². The third-order valence-corrected chi connectivity index (χ3v) is 1.74. The highest BCUT2D eigenvalue weighted by Crippen LogP contribution is 2.07. The highest BCUT2D eigenvalue weighted by atomic mass is 16.6. The molecule has 0 aliphatic carbocycles. The van der Waals surface area contributed by atoms with E-state index < -0.39 is 11.7 Å². The van der Waals surface area contributed by atoms with E-state index in [-0.39, 0.29) is 18.3 Å². The summed E-state index contributed by atoms with van der Waals surface area (Å²) in [7, 11) is 1.34. The van der Waals surface area contributed by atoms with Crippen LogP contribution in [0.2, 0.25) is 0 Å². The minimum Gasteiger partial charge on any atom is -0.469 e. The number of carbonyl (C=O) groups excluding carboxylic acids is 2. The van der Waals surface area contributed by atoms with Crippen molar-refractivity contribution in [3.8, 4) is 0 Å². The van der Waals surface area contributed by atoms with Gasteiger partial charge in [-0.25, -0.2) is 4.79 Å². The molecule has 0 saturated carbocycles. The van der Waals surface area contributed by atoms with Crippen molar-refractivity contribution in [1.29, 1.82) is 0 Å². The third kappa shape index (κ3) is 8.08. The van der Waals surface area contributed by atoms with Crippen molar-refractivity contribution in [3.05, 3.63) is 0 Å². The number of carbonyl (C=O) groups is 2. The SMILES string of the molecule is COC(=O)C[C@H](C)CNC(=O)OC(C)(C)C. The van der Waals surface area contributed by atoms with Crippen LogP contribution < -0.4 is 5.32 Å². The number of hydrogen-bond donors (Lipinski definition) is 1. The smallest absolute Gasteiger partial charge is 0.407 e. The summed E-state index contributed by atoms with van der Waals surface area (Å²) in [6.45, 7) is 7.64. The molecule has 5 nitrogen and oxygen atoms in total. The van der Waals surface area contributed by atoms with Gasteiger partial charge in [-0.1, -0.05) is 6.92 Å². The molecule has 16 heavy (non-hydrogen) atoms. The molecule has 0 aromatic heterocycles. The standard InChI is InChI=1S/C11H21NO4/c1-8(6-9(13)15-5)7-12-10(14)16-11(2,3)4/h8H,6-7H2,1-5H3,(H,12,14)/t8-/m0/s1. The van der Waals surface area contributed by atoms with Gasteiger partial charge in [0.25, 0.3) is 0 Å². The zero-order valence-electron chi connectivity index (χ0n) is 10.6. The third-order valence-electron chi connectivity index (χ3n) is 1.74. The van der Waals surface area contributed by atoms with Gasteiger partial charge in [-0.15, -0.1) is 0 Å². The second-order valence-corrected chi connectivity index (χ2v) is 4.77. The largest absolute Gasteiger partial charge is 0.469 e. The van der Waals surface area contributed by atoms with E-state index in [0.29, 0.717) is 6.54 Å². The van der Waals surface area contributed by atoms with Gasteiger partial charge in [0.1, 0.15) is 5.60 Å². The predicted octanol–water partition coefficient (Wildman–Crippen LogP) is 1.71. The molecule has 0 spiro atoms. The summed E-state index contributed by atoms with van der Waals surface area (Å²) in [6, 6.07) is 0. The second kappa shape index (κ2) is 6.35. The molecule has 1 atom stereocenters. The summed E-state index contributed by atoms with van der Waals surface area (Å²) in [6.07, 6.45) is -0.184. The van der Waals surface area contributed by atoms with Crippen LogP contribution in [0.5, 0.6) is 0 Å². The Labute approximate surface area is 96.5 Å². The van der Waals surface area contributed by atoms with Gasteiger partial charge in [0.2, 0.25) is 0 Å². The molecule has 0 aromatic rings. The summed E-state index contributed by atoms with van der Waals surface area (Å²) in [5.41, 5.74) is -0.504. The molecule has 1 N–H and O–H groups in total. The van der Waals surface area contributed by atoms with Crippen LogP contribution in [0, 0.1) is 5.92 Å². The minimum absolute atomic E-state index is 0.0277. The fourth-order valence-electron chi connectivity index (χ4n) is 1.01. The predicted molar refractivity (Wildman–Crippen MR) is 60.0 cm³/mol. The van der Waals surface area contributed by atoms with Crippen LogP contribution in [0.1, 0.15) is 34.1 Å². The fourth-order valence-corrected chi connectivity index (χ4v) is 1.01. The molecule has 94 valence electrons. The van der Waals surface area contributed by atoms with Gasteiger partial charge >= 0.3 is 12.1 Å². The van der Waals surface area contributed by atoms with Crippen LogP contribution in [0.15, 0.2) is 0 Å². The highest BCUT2D eigenvalue weighted by molar-refractivity contribution is 5.70. The molecule has 0 aliphatic heterocycles. The first kappa shape index (κ1) is 14.7. The Morgan fingerprint density at radius 3 is 2.31 bits per heavy atom. The van der Waals surface area contributed by atoms with E-state index in [4.69, 9.17) is 4.74 Å². The van der Waals surface area contributed by atoms with E-state index in [9.17, 15) is 9.59 Å². The zero-order valence-corrected chi connectivity index (χ0v) is 10.6. The molecule has 1 amide bonds.